The molecule has 5 heteroatoms. The first kappa shape index (κ1) is 15.8. The average Bonchev–Trinajstić information content (AvgIpc) is 3.38. The maximum atomic E-state index is 12.4. The van der Waals surface area contributed by atoms with E-state index in [0.29, 0.717) is 18.4 Å². The number of nitrogens with zero attached hydrogens (tertiary/aromatic N) is 2. The molecule has 2 aliphatic heterocycles. The second-order valence-electron chi connectivity index (χ2n) is 7.68. The zero-order valence-corrected chi connectivity index (χ0v) is 15.2. The summed E-state index contributed by atoms with van der Waals surface area (Å²) in [7, 11) is 0. The van der Waals surface area contributed by atoms with Gasteiger partial charge in [0.15, 0.2) is 0 Å². The van der Waals surface area contributed by atoms with Crippen LogP contribution in [0.5, 0.6) is 5.75 Å². The number of piperidine rings is 1. The molecule has 1 amide bonds. The number of rotatable bonds is 3. The van der Waals surface area contributed by atoms with Crippen LogP contribution in [-0.2, 0) is 10.3 Å². The van der Waals surface area contributed by atoms with Crippen molar-refractivity contribution >= 4 is 11.6 Å². The Bertz CT molecular complexity index is 845. The van der Waals surface area contributed by atoms with Crippen molar-refractivity contribution in [3.63, 3.8) is 0 Å². The van der Waals surface area contributed by atoms with Crippen molar-refractivity contribution in [1.29, 1.82) is 0 Å². The lowest BCUT2D eigenvalue weighted by Crippen LogP contribution is -2.51. The quantitative estimate of drug-likeness (QED) is 0.920. The van der Waals surface area contributed by atoms with Gasteiger partial charge in [0.2, 0.25) is 5.91 Å². The Balaban J connectivity index is 1.46. The van der Waals surface area contributed by atoms with Crippen molar-refractivity contribution in [2.24, 2.45) is 5.92 Å². The topological polar surface area (TPSA) is 46.5 Å². The van der Waals surface area contributed by atoms with Crippen LogP contribution in [0.25, 0.3) is 5.69 Å². The van der Waals surface area contributed by atoms with Crippen molar-refractivity contribution in [1.82, 2.24) is 9.47 Å². The second-order valence-corrected chi connectivity index (χ2v) is 7.68. The molecule has 2 aromatic rings. The lowest BCUT2D eigenvalue weighted by molar-refractivity contribution is -0.134. The fraction of sp³-hybridized carbons (Fsp3) is 0.476. The number of anilines is 1. The molecule has 1 spiro atoms. The van der Waals surface area contributed by atoms with Gasteiger partial charge in [-0.05, 0) is 56.9 Å². The molecule has 0 bridgehead atoms. The molecule has 0 unspecified atom stereocenters. The van der Waals surface area contributed by atoms with Gasteiger partial charge in [-0.3, -0.25) is 4.79 Å². The van der Waals surface area contributed by atoms with Gasteiger partial charge < -0.3 is 19.5 Å². The largest absolute Gasteiger partial charge is 0.494 e. The number of ether oxygens (including phenoxy) is 1. The first-order chi connectivity index (χ1) is 12.7. The zero-order valence-electron chi connectivity index (χ0n) is 15.2. The van der Waals surface area contributed by atoms with Crippen molar-refractivity contribution < 1.29 is 9.53 Å². The summed E-state index contributed by atoms with van der Waals surface area (Å²) in [4.78, 5) is 14.5. The van der Waals surface area contributed by atoms with Gasteiger partial charge in [0.25, 0.3) is 0 Å². The molecule has 1 N–H and O–H groups in total. The molecule has 136 valence electrons. The van der Waals surface area contributed by atoms with E-state index in [9.17, 15) is 4.79 Å². The van der Waals surface area contributed by atoms with E-state index in [-0.39, 0.29) is 5.54 Å². The highest BCUT2D eigenvalue weighted by Gasteiger charge is 2.44. The second kappa shape index (κ2) is 5.79. The molecule has 1 aromatic carbocycles. The monoisotopic (exact) mass is 351 g/mol. The summed E-state index contributed by atoms with van der Waals surface area (Å²) in [5.74, 6) is 1.57. The van der Waals surface area contributed by atoms with Crippen LogP contribution >= 0.6 is 0 Å². The molecular formula is C21H25N3O2. The van der Waals surface area contributed by atoms with E-state index >= 15 is 0 Å². The van der Waals surface area contributed by atoms with Gasteiger partial charge in [-0.25, -0.2) is 0 Å². The lowest BCUT2D eigenvalue weighted by atomic mass is 9.82. The van der Waals surface area contributed by atoms with E-state index in [4.69, 9.17) is 4.74 Å². The number of likely N-dealkylation sites (tertiary alicyclic amines) is 1. The first-order valence-corrected chi connectivity index (χ1v) is 9.72. The van der Waals surface area contributed by atoms with E-state index in [1.165, 1.54) is 5.69 Å². The number of fused-ring (bicyclic) bond motifs is 4. The minimum atomic E-state index is -0.109. The summed E-state index contributed by atoms with van der Waals surface area (Å²) in [6, 6.07) is 10.6. The minimum absolute atomic E-state index is 0.109. The molecule has 1 aliphatic carbocycles. The van der Waals surface area contributed by atoms with Crippen LogP contribution in [0.15, 0.2) is 36.5 Å². The van der Waals surface area contributed by atoms with Gasteiger partial charge in [-0.2, -0.15) is 0 Å². The summed E-state index contributed by atoms with van der Waals surface area (Å²) in [6.07, 6.45) is 6.17. The molecule has 3 heterocycles. The van der Waals surface area contributed by atoms with Crippen LogP contribution in [0, 0.1) is 5.92 Å². The molecule has 1 saturated heterocycles. The molecule has 3 aliphatic rings. The lowest BCUT2D eigenvalue weighted by Gasteiger charge is -2.46. The number of carbonyl (C=O) groups is 1. The van der Waals surface area contributed by atoms with E-state index in [1.54, 1.807) is 0 Å². The summed E-state index contributed by atoms with van der Waals surface area (Å²) in [6.45, 7) is 4.32. The summed E-state index contributed by atoms with van der Waals surface area (Å²) in [5, 5.41) is 3.82. The summed E-state index contributed by atoms with van der Waals surface area (Å²) in [5.41, 5.74) is 3.46. The number of hydrogen-bond donors (Lipinski definition) is 1. The van der Waals surface area contributed by atoms with Crippen LogP contribution in [0.4, 0.5) is 5.69 Å². The number of aromatic nitrogens is 1. The Morgan fingerprint density at radius 1 is 1.27 bits per heavy atom. The molecule has 2 fully saturated rings. The maximum absolute atomic E-state index is 12.4. The van der Waals surface area contributed by atoms with Crippen LogP contribution in [0.1, 0.15) is 38.3 Å². The normalized spacial score (nSPS) is 20.3. The highest BCUT2D eigenvalue weighted by Crippen LogP contribution is 2.45. The number of benzene rings is 1. The third-order valence-electron chi connectivity index (χ3n) is 6.01. The predicted octanol–water partition coefficient (Wildman–Crippen LogP) is 3.53. The Labute approximate surface area is 153 Å². The third kappa shape index (κ3) is 2.41. The van der Waals surface area contributed by atoms with Gasteiger partial charge in [-0.15, -0.1) is 0 Å². The molecule has 5 nitrogen and oxygen atoms in total. The smallest absolute Gasteiger partial charge is 0.225 e. The summed E-state index contributed by atoms with van der Waals surface area (Å²) >= 11 is 0. The van der Waals surface area contributed by atoms with Gasteiger partial charge in [0.1, 0.15) is 5.75 Å². The first-order valence-electron chi connectivity index (χ1n) is 9.72. The Morgan fingerprint density at radius 2 is 2.08 bits per heavy atom. The fourth-order valence-corrected chi connectivity index (χ4v) is 4.46. The van der Waals surface area contributed by atoms with Gasteiger partial charge >= 0.3 is 0 Å². The van der Waals surface area contributed by atoms with Crippen molar-refractivity contribution in [3.8, 4) is 11.4 Å². The fourth-order valence-electron chi connectivity index (χ4n) is 4.46. The van der Waals surface area contributed by atoms with E-state index in [0.717, 1.165) is 55.9 Å². The molecule has 0 radical (unpaired) electrons. The van der Waals surface area contributed by atoms with Crippen LogP contribution in [0.2, 0.25) is 0 Å². The standard InChI is InChI=1S/C21H25N3O2/c1-2-26-16-7-8-18-17(14-16)22-21(19-4-3-11-24(18)19)9-12-23(13-10-21)20(25)15-5-6-15/h3-4,7-8,11,14-15,22H,2,5-6,9-10,12-13H2,1H3. The Morgan fingerprint density at radius 3 is 2.81 bits per heavy atom. The summed E-state index contributed by atoms with van der Waals surface area (Å²) < 4.78 is 7.99. The molecule has 1 aromatic heterocycles. The van der Waals surface area contributed by atoms with E-state index in [1.807, 2.05) is 13.0 Å². The number of nitrogens with one attached hydrogen (secondary N) is 1. The van der Waals surface area contributed by atoms with Crippen LogP contribution < -0.4 is 10.1 Å². The number of hydrogen-bond acceptors (Lipinski definition) is 3. The maximum Gasteiger partial charge on any atom is 0.225 e. The molecule has 5 rings (SSSR count). The molecule has 0 atom stereocenters. The molecule has 1 saturated carbocycles. The molecular weight excluding hydrogens is 326 g/mol. The van der Waals surface area contributed by atoms with Crippen molar-refractivity contribution in [3.05, 3.63) is 42.2 Å². The Hall–Kier alpha value is -2.43. The van der Waals surface area contributed by atoms with Gasteiger partial charge in [0.05, 0.1) is 23.5 Å². The zero-order chi connectivity index (χ0) is 17.7. The van der Waals surface area contributed by atoms with Crippen LogP contribution in [0.3, 0.4) is 0 Å². The van der Waals surface area contributed by atoms with E-state index < -0.39 is 0 Å². The number of carbonyl (C=O) groups excluding carboxylic acids is 1. The highest BCUT2D eigenvalue weighted by atomic mass is 16.5. The van der Waals surface area contributed by atoms with Crippen molar-refractivity contribution in [2.75, 3.05) is 25.0 Å². The highest BCUT2D eigenvalue weighted by molar-refractivity contribution is 5.81. The molecule has 26 heavy (non-hydrogen) atoms. The van der Waals surface area contributed by atoms with Crippen LogP contribution in [-0.4, -0.2) is 35.1 Å². The average molecular weight is 351 g/mol. The number of amides is 1. The SMILES string of the molecule is CCOc1ccc2c(c1)NC1(CCN(C(=O)C3CC3)CC1)c1cccn1-2. The van der Waals surface area contributed by atoms with E-state index in [2.05, 4.69) is 45.2 Å². The van der Waals surface area contributed by atoms with Gasteiger partial charge in [0, 0.05) is 37.0 Å². The van der Waals surface area contributed by atoms with Gasteiger partial charge in [-0.1, -0.05) is 0 Å². The minimum Gasteiger partial charge on any atom is -0.494 e. The van der Waals surface area contributed by atoms with Crippen molar-refractivity contribution in [2.45, 2.75) is 38.1 Å². The Kier molecular flexibility index (Phi) is 3.52. The third-order valence-corrected chi connectivity index (χ3v) is 6.01. The predicted molar refractivity (Wildman–Crippen MR) is 101 cm³/mol.